The first-order valence-electron chi connectivity index (χ1n) is 7.43. The Balaban J connectivity index is 1.87. The summed E-state index contributed by atoms with van der Waals surface area (Å²) in [7, 11) is 0. The summed E-state index contributed by atoms with van der Waals surface area (Å²) in [5.74, 6) is -0.671. The Morgan fingerprint density at radius 3 is 2.57 bits per heavy atom. The van der Waals surface area contributed by atoms with Crippen LogP contribution in [-0.4, -0.2) is 10.8 Å². The summed E-state index contributed by atoms with van der Waals surface area (Å²) in [4.78, 5) is 25.4. The summed E-state index contributed by atoms with van der Waals surface area (Å²) in [5, 5.41) is 11.3. The lowest BCUT2D eigenvalue weighted by atomic mass is 9.79. The van der Waals surface area contributed by atoms with Crippen LogP contribution in [0.3, 0.4) is 0 Å². The number of nitrogens with zero attached hydrogens (tertiary/aromatic N) is 2. The largest absolute Gasteiger partial charge is 0.284 e. The number of allylic oxidation sites excluding steroid dienone is 6. The highest BCUT2D eigenvalue weighted by atomic mass is 16.6. The Morgan fingerprint density at radius 2 is 1.87 bits per heavy atom. The molecule has 2 aliphatic carbocycles. The van der Waals surface area contributed by atoms with Gasteiger partial charge in [0.25, 0.3) is 5.70 Å². The standard InChI is InChI=1S/C18H14N2O3/c1-11-5-7-12(8-6-11)19-16-10-9-15(20(22)23)13-3-2-4-14(17(13)16)18(19)21/h2-10,14,17H,1H3. The van der Waals surface area contributed by atoms with E-state index in [4.69, 9.17) is 0 Å². The van der Waals surface area contributed by atoms with E-state index >= 15 is 0 Å². The molecule has 2 atom stereocenters. The molecule has 1 amide bonds. The van der Waals surface area contributed by atoms with E-state index in [1.165, 1.54) is 6.08 Å². The van der Waals surface area contributed by atoms with Crippen molar-refractivity contribution in [2.75, 3.05) is 4.90 Å². The molecule has 0 saturated carbocycles. The van der Waals surface area contributed by atoms with Crippen LogP contribution in [0.25, 0.3) is 0 Å². The molecule has 0 bridgehead atoms. The van der Waals surface area contributed by atoms with Gasteiger partial charge in [0.05, 0.1) is 10.8 Å². The topological polar surface area (TPSA) is 63.5 Å². The van der Waals surface area contributed by atoms with E-state index in [9.17, 15) is 14.9 Å². The summed E-state index contributed by atoms with van der Waals surface area (Å²) < 4.78 is 0. The Hall–Kier alpha value is -2.95. The van der Waals surface area contributed by atoms with Crippen LogP contribution in [0.15, 0.2) is 71.6 Å². The van der Waals surface area contributed by atoms with Crippen LogP contribution >= 0.6 is 0 Å². The van der Waals surface area contributed by atoms with Crippen molar-refractivity contribution in [2.24, 2.45) is 11.8 Å². The van der Waals surface area contributed by atoms with Crippen LogP contribution in [0.2, 0.25) is 0 Å². The number of aryl methyl sites for hydroxylation is 1. The molecule has 0 N–H and O–H groups in total. The zero-order valence-electron chi connectivity index (χ0n) is 12.5. The Morgan fingerprint density at radius 1 is 1.13 bits per heavy atom. The van der Waals surface area contributed by atoms with Crippen LogP contribution in [0, 0.1) is 28.9 Å². The molecule has 1 aromatic carbocycles. The minimum atomic E-state index is -0.381. The normalized spacial score (nSPS) is 24.8. The van der Waals surface area contributed by atoms with Gasteiger partial charge in [0.15, 0.2) is 0 Å². The average molecular weight is 306 g/mol. The van der Waals surface area contributed by atoms with Crippen LogP contribution in [0.5, 0.6) is 0 Å². The van der Waals surface area contributed by atoms with Crippen LogP contribution < -0.4 is 4.90 Å². The van der Waals surface area contributed by atoms with Crippen LogP contribution in [0.4, 0.5) is 5.69 Å². The third-order valence-electron chi connectivity index (χ3n) is 4.57. The third kappa shape index (κ3) is 1.90. The second-order valence-corrected chi connectivity index (χ2v) is 5.92. The highest BCUT2D eigenvalue weighted by Gasteiger charge is 2.50. The minimum absolute atomic E-state index is 0.0371. The Labute approximate surface area is 133 Å². The first-order valence-corrected chi connectivity index (χ1v) is 7.43. The SMILES string of the molecule is Cc1ccc(N2C(=O)C3C=CC=C4C([N+](=O)[O-])=CC=C2C43)cc1. The van der Waals surface area contributed by atoms with E-state index in [1.54, 1.807) is 23.1 Å². The highest BCUT2D eigenvalue weighted by molar-refractivity contribution is 6.04. The number of carbonyl (C=O) groups is 1. The van der Waals surface area contributed by atoms with Gasteiger partial charge < -0.3 is 0 Å². The van der Waals surface area contributed by atoms with E-state index in [2.05, 4.69) is 0 Å². The second-order valence-electron chi connectivity index (χ2n) is 5.92. The van der Waals surface area contributed by atoms with Crippen molar-refractivity contribution in [3.8, 4) is 0 Å². The van der Waals surface area contributed by atoms with Gasteiger partial charge in [-0.3, -0.25) is 19.8 Å². The third-order valence-corrected chi connectivity index (χ3v) is 4.57. The van der Waals surface area contributed by atoms with Gasteiger partial charge >= 0.3 is 0 Å². The van der Waals surface area contributed by atoms with Crippen molar-refractivity contribution in [1.29, 1.82) is 0 Å². The number of amides is 1. The lowest BCUT2D eigenvalue weighted by Gasteiger charge is -2.24. The van der Waals surface area contributed by atoms with Crippen LogP contribution in [0.1, 0.15) is 5.56 Å². The van der Waals surface area contributed by atoms with Crippen molar-refractivity contribution in [1.82, 2.24) is 0 Å². The van der Waals surface area contributed by atoms with E-state index in [0.717, 1.165) is 16.9 Å². The number of nitro groups is 1. The number of anilines is 1. The highest BCUT2D eigenvalue weighted by Crippen LogP contribution is 2.48. The molecule has 23 heavy (non-hydrogen) atoms. The van der Waals surface area contributed by atoms with E-state index in [0.29, 0.717) is 5.57 Å². The van der Waals surface area contributed by atoms with Gasteiger partial charge in [0.2, 0.25) is 5.91 Å². The fourth-order valence-corrected chi connectivity index (χ4v) is 3.49. The maximum Gasteiger partial charge on any atom is 0.273 e. The van der Waals surface area contributed by atoms with E-state index in [1.807, 2.05) is 37.3 Å². The zero-order valence-corrected chi connectivity index (χ0v) is 12.5. The van der Waals surface area contributed by atoms with Gasteiger partial charge in [-0.15, -0.1) is 0 Å². The predicted molar refractivity (Wildman–Crippen MR) is 86.0 cm³/mol. The van der Waals surface area contributed by atoms with Gasteiger partial charge in [-0.25, -0.2) is 0 Å². The fourth-order valence-electron chi connectivity index (χ4n) is 3.49. The molecule has 1 fully saturated rings. The van der Waals surface area contributed by atoms with Crippen molar-refractivity contribution < 1.29 is 9.72 Å². The van der Waals surface area contributed by atoms with Gasteiger partial charge in [-0.05, 0) is 25.1 Å². The Bertz CT molecular complexity index is 844. The maximum atomic E-state index is 12.9. The first-order chi connectivity index (χ1) is 11.1. The molecule has 0 radical (unpaired) electrons. The molecule has 0 aromatic heterocycles. The van der Waals surface area contributed by atoms with Gasteiger partial charge in [-0.2, -0.15) is 0 Å². The molecule has 4 rings (SSSR count). The molecule has 2 unspecified atom stereocenters. The molecule has 1 aliphatic heterocycles. The van der Waals surface area contributed by atoms with Crippen molar-refractivity contribution >= 4 is 11.6 Å². The molecular weight excluding hydrogens is 292 g/mol. The van der Waals surface area contributed by atoms with E-state index in [-0.39, 0.29) is 28.4 Å². The number of benzene rings is 1. The lowest BCUT2D eigenvalue weighted by molar-refractivity contribution is -0.421. The number of hydrogen-bond acceptors (Lipinski definition) is 3. The molecule has 5 nitrogen and oxygen atoms in total. The minimum Gasteiger partial charge on any atom is -0.284 e. The number of hydrogen-bond donors (Lipinski definition) is 0. The monoisotopic (exact) mass is 306 g/mol. The van der Waals surface area contributed by atoms with Gasteiger partial charge in [0, 0.05) is 29.0 Å². The molecule has 5 heteroatoms. The average Bonchev–Trinajstić information content (AvgIpc) is 2.83. The van der Waals surface area contributed by atoms with E-state index < -0.39 is 0 Å². The summed E-state index contributed by atoms with van der Waals surface area (Å²) in [6.07, 6.45) is 8.52. The number of rotatable bonds is 2. The lowest BCUT2D eigenvalue weighted by Crippen LogP contribution is -2.25. The van der Waals surface area contributed by atoms with Gasteiger partial charge in [0.1, 0.15) is 0 Å². The maximum absolute atomic E-state index is 12.9. The van der Waals surface area contributed by atoms with Crippen molar-refractivity contribution in [2.45, 2.75) is 6.92 Å². The number of carbonyl (C=O) groups excluding carboxylic acids is 1. The second kappa shape index (κ2) is 4.78. The molecular formula is C18H14N2O3. The summed E-state index contributed by atoms with van der Waals surface area (Å²) in [5.41, 5.74) is 3.41. The molecule has 114 valence electrons. The molecule has 1 aromatic rings. The summed E-state index contributed by atoms with van der Waals surface area (Å²) in [6.45, 7) is 1.99. The van der Waals surface area contributed by atoms with Gasteiger partial charge in [-0.1, -0.05) is 35.9 Å². The van der Waals surface area contributed by atoms with Crippen molar-refractivity contribution in [3.63, 3.8) is 0 Å². The molecule has 1 heterocycles. The quantitative estimate of drug-likeness (QED) is 0.623. The fraction of sp³-hybridized carbons (Fsp3) is 0.167. The molecule has 1 saturated heterocycles. The van der Waals surface area contributed by atoms with Crippen molar-refractivity contribution in [3.05, 3.63) is 87.3 Å². The zero-order chi connectivity index (χ0) is 16.1. The van der Waals surface area contributed by atoms with Crippen LogP contribution in [-0.2, 0) is 4.79 Å². The Kier molecular flexibility index (Phi) is 2.84. The predicted octanol–water partition coefficient (Wildman–Crippen LogP) is 3.13. The molecule has 3 aliphatic rings. The first kappa shape index (κ1) is 13.7. The summed E-state index contributed by atoms with van der Waals surface area (Å²) >= 11 is 0. The summed E-state index contributed by atoms with van der Waals surface area (Å²) in [6, 6.07) is 7.73. The smallest absolute Gasteiger partial charge is 0.273 e. The molecule has 0 spiro atoms.